The van der Waals surface area contributed by atoms with E-state index in [1.165, 1.54) is 12.1 Å². The Morgan fingerprint density at radius 3 is 2.74 bits per heavy atom. The molecule has 1 unspecified atom stereocenters. The summed E-state index contributed by atoms with van der Waals surface area (Å²) in [6, 6.07) is 6.73. The Hall–Kier alpha value is -1.13. The van der Waals surface area contributed by atoms with Crippen molar-refractivity contribution in [1.82, 2.24) is 4.90 Å². The minimum absolute atomic E-state index is 0. The van der Waals surface area contributed by atoms with Crippen LogP contribution in [0.3, 0.4) is 0 Å². The molecule has 1 amide bonds. The highest BCUT2D eigenvalue weighted by Gasteiger charge is 2.34. The molecule has 0 spiro atoms. The summed E-state index contributed by atoms with van der Waals surface area (Å²) in [7, 11) is 0. The van der Waals surface area contributed by atoms with Gasteiger partial charge in [0.25, 0.3) is 0 Å². The largest absolute Gasteiger partial charge is 0.335 e. The van der Waals surface area contributed by atoms with Gasteiger partial charge in [-0.2, -0.15) is 0 Å². The van der Waals surface area contributed by atoms with Gasteiger partial charge in [0.15, 0.2) is 0 Å². The molecule has 1 aliphatic rings. The number of hydrogen-bond donors (Lipinski definition) is 1. The van der Waals surface area contributed by atoms with Crippen molar-refractivity contribution in [3.05, 3.63) is 35.6 Å². The van der Waals surface area contributed by atoms with Gasteiger partial charge in [-0.25, -0.2) is 4.39 Å². The standard InChI is InChI=1S/C14H19FN2O.ClH/c1-10(8-16)14(18)17(13-5-6-13)9-11-3-2-4-12(15)7-11;/h2-4,7,10,13H,5-6,8-9,16H2,1H3;1H. The average molecular weight is 287 g/mol. The number of nitrogens with two attached hydrogens (primary N) is 1. The first kappa shape index (κ1) is 15.9. The first-order valence-electron chi connectivity index (χ1n) is 6.37. The minimum Gasteiger partial charge on any atom is -0.335 e. The lowest BCUT2D eigenvalue weighted by Crippen LogP contribution is -2.39. The van der Waals surface area contributed by atoms with Crippen molar-refractivity contribution in [2.24, 2.45) is 11.7 Å². The highest BCUT2D eigenvalue weighted by atomic mass is 35.5. The lowest BCUT2D eigenvalue weighted by Gasteiger charge is -2.25. The summed E-state index contributed by atoms with van der Waals surface area (Å²) in [5, 5.41) is 0. The highest BCUT2D eigenvalue weighted by Crippen LogP contribution is 2.29. The molecule has 19 heavy (non-hydrogen) atoms. The molecule has 106 valence electrons. The molecular weight excluding hydrogens is 267 g/mol. The van der Waals surface area contributed by atoms with E-state index in [2.05, 4.69) is 0 Å². The number of amides is 1. The van der Waals surface area contributed by atoms with E-state index in [0.717, 1.165) is 18.4 Å². The van der Waals surface area contributed by atoms with Crippen LogP contribution in [0.25, 0.3) is 0 Å². The summed E-state index contributed by atoms with van der Waals surface area (Å²) in [4.78, 5) is 14.0. The predicted molar refractivity (Wildman–Crippen MR) is 75.4 cm³/mol. The van der Waals surface area contributed by atoms with E-state index in [9.17, 15) is 9.18 Å². The van der Waals surface area contributed by atoms with Gasteiger partial charge in [-0.15, -0.1) is 12.4 Å². The Morgan fingerprint density at radius 2 is 2.21 bits per heavy atom. The van der Waals surface area contributed by atoms with Gasteiger partial charge in [0.05, 0.1) is 0 Å². The van der Waals surface area contributed by atoms with E-state index in [1.807, 2.05) is 17.9 Å². The van der Waals surface area contributed by atoms with Crippen LogP contribution in [0, 0.1) is 11.7 Å². The maximum Gasteiger partial charge on any atom is 0.227 e. The maximum atomic E-state index is 13.1. The summed E-state index contributed by atoms with van der Waals surface area (Å²) in [5.41, 5.74) is 6.37. The van der Waals surface area contributed by atoms with E-state index in [0.29, 0.717) is 19.1 Å². The van der Waals surface area contributed by atoms with Crippen molar-refractivity contribution in [2.75, 3.05) is 6.54 Å². The summed E-state index contributed by atoms with van der Waals surface area (Å²) < 4.78 is 13.1. The molecule has 1 aliphatic carbocycles. The fourth-order valence-corrected chi connectivity index (χ4v) is 1.99. The number of hydrogen-bond acceptors (Lipinski definition) is 2. The lowest BCUT2D eigenvalue weighted by atomic mass is 10.1. The van der Waals surface area contributed by atoms with Gasteiger partial charge in [-0.1, -0.05) is 19.1 Å². The van der Waals surface area contributed by atoms with Crippen LogP contribution in [0.1, 0.15) is 25.3 Å². The molecule has 0 bridgehead atoms. The van der Waals surface area contributed by atoms with Gasteiger partial charge in [-0.3, -0.25) is 4.79 Å². The van der Waals surface area contributed by atoms with Crippen LogP contribution in [0.2, 0.25) is 0 Å². The molecule has 0 radical (unpaired) electrons. The number of benzene rings is 1. The lowest BCUT2D eigenvalue weighted by molar-refractivity contribution is -0.135. The number of nitrogens with zero attached hydrogens (tertiary/aromatic N) is 1. The van der Waals surface area contributed by atoms with Crippen LogP contribution < -0.4 is 5.73 Å². The molecular formula is C14H20ClFN2O. The van der Waals surface area contributed by atoms with Crippen molar-refractivity contribution in [2.45, 2.75) is 32.4 Å². The molecule has 1 fully saturated rings. The fourth-order valence-electron chi connectivity index (χ4n) is 1.99. The zero-order valence-electron chi connectivity index (χ0n) is 11.0. The SMILES string of the molecule is CC(CN)C(=O)N(Cc1cccc(F)c1)C1CC1.Cl. The van der Waals surface area contributed by atoms with Gasteiger partial charge in [-0.05, 0) is 30.5 Å². The predicted octanol–water partition coefficient (Wildman–Crippen LogP) is 2.33. The van der Waals surface area contributed by atoms with Gasteiger partial charge in [0.1, 0.15) is 5.82 Å². The zero-order valence-corrected chi connectivity index (χ0v) is 11.8. The number of halogens is 2. The molecule has 1 aromatic carbocycles. The molecule has 0 heterocycles. The number of carbonyl (C=O) groups excluding carboxylic acids is 1. The molecule has 3 nitrogen and oxygen atoms in total. The van der Waals surface area contributed by atoms with Crippen LogP contribution in [0.4, 0.5) is 4.39 Å². The molecule has 2 rings (SSSR count). The highest BCUT2D eigenvalue weighted by molar-refractivity contribution is 5.85. The Kier molecular flexibility index (Phi) is 5.76. The van der Waals surface area contributed by atoms with Crippen molar-refractivity contribution < 1.29 is 9.18 Å². The van der Waals surface area contributed by atoms with Crippen molar-refractivity contribution in [1.29, 1.82) is 0 Å². The van der Waals surface area contributed by atoms with Crippen molar-refractivity contribution in [3.8, 4) is 0 Å². The van der Waals surface area contributed by atoms with Crippen LogP contribution in [-0.2, 0) is 11.3 Å². The summed E-state index contributed by atoms with van der Waals surface area (Å²) in [5.74, 6) is -0.356. The minimum atomic E-state index is -0.262. The second kappa shape index (κ2) is 6.87. The van der Waals surface area contributed by atoms with Crippen LogP contribution in [0.5, 0.6) is 0 Å². The van der Waals surface area contributed by atoms with Gasteiger partial charge < -0.3 is 10.6 Å². The van der Waals surface area contributed by atoms with E-state index >= 15 is 0 Å². The van der Waals surface area contributed by atoms with E-state index in [4.69, 9.17) is 5.73 Å². The molecule has 0 aliphatic heterocycles. The monoisotopic (exact) mass is 286 g/mol. The van der Waals surface area contributed by atoms with Crippen molar-refractivity contribution >= 4 is 18.3 Å². The molecule has 5 heteroatoms. The van der Waals surface area contributed by atoms with Crippen molar-refractivity contribution in [3.63, 3.8) is 0 Å². The van der Waals surface area contributed by atoms with E-state index < -0.39 is 0 Å². The first-order valence-corrected chi connectivity index (χ1v) is 6.37. The molecule has 1 saturated carbocycles. The molecule has 1 aromatic rings. The Bertz CT molecular complexity index is 437. The smallest absolute Gasteiger partial charge is 0.227 e. The Balaban J connectivity index is 0.00000180. The van der Waals surface area contributed by atoms with E-state index in [1.54, 1.807) is 6.07 Å². The molecule has 1 atom stereocenters. The summed E-state index contributed by atoms with van der Waals surface area (Å²) >= 11 is 0. The number of carbonyl (C=O) groups is 1. The molecule has 0 saturated heterocycles. The summed E-state index contributed by atoms with van der Waals surface area (Å²) in [6.07, 6.45) is 2.08. The second-order valence-corrected chi connectivity index (χ2v) is 4.96. The Labute approximate surface area is 119 Å². The maximum absolute atomic E-state index is 13.1. The van der Waals surface area contributed by atoms with Gasteiger partial charge in [0.2, 0.25) is 5.91 Å². The third kappa shape index (κ3) is 4.18. The zero-order chi connectivity index (χ0) is 13.1. The first-order chi connectivity index (χ1) is 8.61. The second-order valence-electron chi connectivity index (χ2n) is 4.96. The van der Waals surface area contributed by atoms with Crippen LogP contribution in [0.15, 0.2) is 24.3 Å². The van der Waals surface area contributed by atoms with Crippen LogP contribution >= 0.6 is 12.4 Å². The Morgan fingerprint density at radius 1 is 1.53 bits per heavy atom. The van der Waals surface area contributed by atoms with Gasteiger partial charge >= 0.3 is 0 Å². The summed E-state index contributed by atoms with van der Waals surface area (Å²) in [6.45, 7) is 2.67. The van der Waals surface area contributed by atoms with E-state index in [-0.39, 0.29) is 30.0 Å². The van der Waals surface area contributed by atoms with Gasteiger partial charge in [0, 0.05) is 25.0 Å². The third-order valence-electron chi connectivity index (χ3n) is 3.29. The molecule has 2 N–H and O–H groups in total. The normalized spacial score (nSPS) is 15.5. The number of rotatable bonds is 5. The molecule has 0 aromatic heterocycles. The fraction of sp³-hybridized carbons (Fsp3) is 0.500. The quantitative estimate of drug-likeness (QED) is 0.903. The van der Waals surface area contributed by atoms with Crippen LogP contribution in [-0.4, -0.2) is 23.4 Å². The average Bonchev–Trinajstić information content (AvgIpc) is 3.18. The topological polar surface area (TPSA) is 46.3 Å². The third-order valence-corrected chi connectivity index (χ3v) is 3.29.